The molecule has 1 atom stereocenters. The number of carboxylic acids is 1. The van der Waals surface area contributed by atoms with Crippen molar-refractivity contribution >= 4 is 28.5 Å². The Bertz CT molecular complexity index is 2080. The van der Waals surface area contributed by atoms with E-state index in [1.807, 2.05) is 84.9 Å². The van der Waals surface area contributed by atoms with Crippen molar-refractivity contribution in [2.75, 3.05) is 5.32 Å². The first-order valence-corrected chi connectivity index (χ1v) is 15.7. The predicted octanol–water partition coefficient (Wildman–Crippen LogP) is 8.55. The molecule has 0 saturated heterocycles. The molecule has 246 valence electrons. The first-order valence-electron chi connectivity index (χ1n) is 15.7. The smallest absolute Gasteiger partial charge is 0.418 e. The maximum absolute atomic E-state index is 14.0. The van der Waals surface area contributed by atoms with Gasteiger partial charge in [-0.2, -0.15) is 13.2 Å². The zero-order chi connectivity index (χ0) is 34.4. The lowest BCUT2D eigenvalue weighted by Gasteiger charge is -2.17. The second kappa shape index (κ2) is 14.4. The summed E-state index contributed by atoms with van der Waals surface area (Å²) in [6.45, 7) is 0.406. The number of carbonyl (C=O) groups is 2. The van der Waals surface area contributed by atoms with E-state index in [-0.39, 0.29) is 11.9 Å². The van der Waals surface area contributed by atoms with Crippen LogP contribution in [0.5, 0.6) is 0 Å². The number of hydrogen-bond acceptors (Lipinski definition) is 4. The Labute approximate surface area is 281 Å². The van der Waals surface area contributed by atoms with Gasteiger partial charge in [-0.25, -0.2) is 4.79 Å². The Morgan fingerprint density at radius 3 is 2.10 bits per heavy atom. The molecular weight excluding hydrogens is 627 g/mol. The third kappa shape index (κ3) is 7.96. The van der Waals surface area contributed by atoms with E-state index in [9.17, 15) is 27.9 Å². The number of hydrogen-bond donors (Lipinski definition) is 3. The Balaban J connectivity index is 1.21. The summed E-state index contributed by atoms with van der Waals surface area (Å²) in [6.07, 6.45) is -2.36. The van der Waals surface area contributed by atoms with Gasteiger partial charge >= 0.3 is 12.1 Å². The molecule has 1 aromatic heterocycles. The van der Waals surface area contributed by atoms with Crippen LogP contribution in [-0.4, -0.2) is 28.0 Å². The standard InChI is InChI=1S/C40H32F3N3O3/c41-40(42,43)34-16-8-15-33-36(31(25-45-37(33)34)21-26-9-3-1-4-10-26)30-13-7-14-32(23-30)44-24-28-17-19-29(20-18-28)38(47)46-35(39(48)49)22-27-11-5-2-6-12-27/h1-20,23,25,35,44H,21-22,24H2,(H,46,47)(H,48,49)/t35-/m0/s1. The van der Waals surface area contributed by atoms with Crippen LogP contribution in [0, 0.1) is 0 Å². The number of rotatable bonds is 11. The van der Waals surface area contributed by atoms with Gasteiger partial charge in [-0.15, -0.1) is 0 Å². The van der Waals surface area contributed by atoms with Crippen molar-refractivity contribution in [3.63, 3.8) is 0 Å². The SMILES string of the molecule is O=C(N[C@@H](Cc1ccccc1)C(=O)O)c1ccc(CNc2cccc(-c3c(Cc4ccccc4)cnc4c(C(F)(F)F)cccc34)c2)cc1. The number of fused-ring (bicyclic) bond motifs is 1. The zero-order valence-corrected chi connectivity index (χ0v) is 26.2. The Morgan fingerprint density at radius 2 is 1.43 bits per heavy atom. The highest BCUT2D eigenvalue weighted by Gasteiger charge is 2.33. The predicted molar refractivity (Wildman–Crippen MR) is 184 cm³/mol. The molecule has 0 fully saturated rings. The van der Waals surface area contributed by atoms with E-state index in [0.717, 1.165) is 39.6 Å². The van der Waals surface area contributed by atoms with Crippen LogP contribution >= 0.6 is 0 Å². The number of pyridine rings is 1. The summed E-state index contributed by atoms with van der Waals surface area (Å²) in [6, 6.07) is 36.2. The number of carbonyl (C=O) groups excluding carboxylic acids is 1. The number of aliphatic carboxylic acids is 1. The van der Waals surface area contributed by atoms with Crippen LogP contribution in [0.1, 0.15) is 38.2 Å². The fourth-order valence-corrected chi connectivity index (χ4v) is 5.84. The molecule has 0 aliphatic rings. The molecule has 6 rings (SSSR count). The normalized spacial score (nSPS) is 12.0. The highest BCUT2D eigenvalue weighted by Crippen LogP contribution is 2.39. The molecule has 0 radical (unpaired) electrons. The van der Waals surface area contributed by atoms with Gasteiger partial charge in [-0.3, -0.25) is 9.78 Å². The van der Waals surface area contributed by atoms with E-state index in [1.54, 1.807) is 30.3 Å². The average Bonchev–Trinajstić information content (AvgIpc) is 3.11. The molecule has 1 heterocycles. The van der Waals surface area contributed by atoms with Gasteiger partial charge in [0.05, 0.1) is 11.1 Å². The van der Waals surface area contributed by atoms with Crippen molar-refractivity contribution in [1.29, 1.82) is 0 Å². The second-order valence-electron chi connectivity index (χ2n) is 11.7. The van der Waals surface area contributed by atoms with Crippen LogP contribution in [0.25, 0.3) is 22.0 Å². The van der Waals surface area contributed by atoms with Crippen LogP contribution in [0.3, 0.4) is 0 Å². The number of nitrogens with one attached hydrogen (secondary N) is 2. The number of nitrogens with zero attached hydrogens (tertiary/aromatic N) is 1. The van der Waals surface area contributed by atoms with Gasteiger partial charge in [0.2, 0.25) is 0 Å². The molecule has 0 unspecified atom stereocenters. The second-order valence-corrected chi connectivity index (χ2v) is 11.7. The summed E-state index contributed by atoms with van der Waals surface area (Å²) in [5.41, 5.74) is 5.13. The van der Waals surface area contributed by atoms with Gasteiger partial charge in [-0.05, 0) is 70.1 Å². The Morgan fingerprint density at radius 1 is 0.755 bits per heavy atom. The number of benzene rings is 5. The molecule has 0 aliphatic heterocycles. The number of carboxylic acid groups (broad SMARTS) is 1. The molecule has 0 bridgehead atoms. The number of alkyl halides is 3. The van der Waals surface area contributed by atoms with Crippen molar-refractivity contribution in [3.05, 3.63) is 167 Å². The molecule has 9 heteroatoms. The number of halogens is 3. The number of anilines is 1. The fourth-order valence-electron chi connectivity index (χ4n) is 5.84. The van der Waals surface area contributed by atoms with E-state index in [1.165, 1.54) is 12.3 Å². The van der Waals surface area contributed by atoms with Crippen molar-refractivity contribution < 1.29 is 27.9 Å². The minimum atomic E-state index is -4.55. The number of aromatic nitrogens is 1. The molecule has 0 aliphatic carbocycles. The topological polar surface area (TPSA) is 91.3 Å². The van der Waals surface area contributed by atoms with Gasteiger partial charge in [0.25, 0.3) is 5.91 Å². The first-order chi connectivity index (χ1) is 23.7. The summed E-state index contributed by atoms with van der Waals surface area (Å²) in [5, 5.41) is 16.0. The van der Waals surface area contributed by atoms with Crippen molar-refractivity contribution in [2.45, 2.75) is 31.6 Å². The minimum absolute atomic E-state index is 0.0981. The third-order valence-corrected chi connectivity index (χ3v) is 8.27. The Hall–Kier alpha value is -5.96. The minimum Gasteiger partial charge on any atom is -0.480 e. The van der Waals surface area contributed by atoms with Crippen LogP contribution in [0.15, 0.2) is 134 Å². The van der Waals surface area contributed by atoms with E-state index < -0.39 is 29.7 Å². The van der Waals surface area contributed by atoms with E-state index >= 15 is 0 Å². The van der Waals surface area contributed by atoms with Gasteiger partial charge in [0, 0.05) is 35.8 Å². The number of para-hydroxylation sites is 1. The molecule has 5 aromatic carbocycles. The zero-order valence-electron chi connectivity index (χ0n) is 26.2. The molecule has 0 saturated carbocycles. The lowest BCUT2D eigenvalue weighted by molar-refractivity contribution is -0.139. The quantitative estimate of drug-likeness (QED) is 0.130. The highest BCUT2D eigenvalue weighted by atomic mass is 19.4. The van der Waals surface area contributed by atoms with Gasteiger partial charge in [-0.1, -0.05) is 97.1 Å². The van der Waals surface area contributed by atoms with E-state index in [2.05, 4.69) is 15.6 Å². The van der Waals surface area contributed by atoms with Gasteiger partial charge < -0.3 is 15.7 Å². The molecule has 1 amide bonds. The fraction of sp³-hybridized carbons (Fsp3) is 0.125. The van der Waals surface area contributed by atoms with Gasteiger partial charge in [0.1, 0.15) is 6.04 Å². The summed E-state index contributed by atoms with van der Waals surface area (Å²) in [4.78, 5) is 29.0. The molecule has 0 spiro atoms. The van der Waals surface area contributed by atoms with Crippen LogP contribution < -0.4 is 10.6 Å². The van der Waals surface area contributed by atoms with Crippen LogP contribution in [0.4, 0.5) is 18.9 Å². The average molecular weight is 660 g/mol. The van der Waals surface area contributed by atoms with Crippen molar-refractivity contribution in [3.8, 4) is 11.1 Å². The monoisotopic (exact) mass is 659 g/mol. The molecular formula is C40H32F3N3O3. The summed E-state index contributed by atoms with van der Waals surface area (Å²) < 4.78 is 41.9. The number of amides is 1. The summed E-state index contributed by atoms with van der Waals surface area (Å²) >= 11 is 0. The largest absolute Gasteiger partial charge is 0.480 e. The maximum Gasteiger partial charge on any atom is 0.418 e. The Kier molecular flexibility index (Phi) is 9.71. The van der Waals surface area contributed by atoms with E-state index in [0.29, 0.717) is 29.5 Å². The third-order valence-electron chi connectivity index (χ3n) is 8.27. The maximum atomic E-state index is 14.0. The highest BCUT2D eigenvalue weighted by molar-refractivity contribution is 5.98. The lowest BCUT2D eigenvalue weighted by atomic mass is 9.91. The lowest BCUT2D eigenvalue weighted by Crippen LogP contribution is -2.42. The summed E-state index contributed by atoms with van der Waals surface area (Å²) in [7, 11) is 0. The molecule has 6 aromatic rings. The van der Waals surface area contributed by atoms with Crippen LogP contribution in [0.2, 0.25) is 0 Å². The first kappa shape index (κ1) is 33.0. The molecule has 6 nitrogen and oxygen atoms in total. The summed E-state index contributed by atoms with van der Waals surface area (Å²) in [5.74, 6) is -1.60. The molecule has 49 heavy (non-hydrogen) atoms. The van der Waals surface area contributed by atoms with Crippen molar-refractivity contribution in [2.24, 2.45) is 0 Å². The van der Waals surface area contributed by atoms with E-state index in [4.69, 9.17) is 0 Å². The van der Waals surface area contributed by atoms with Crippen LogP contribution in [-0.2, 0) is 30.4 Å². The molecule has 3 N–H and O–H groups in total. The van der Waals surface area contributed by atoms with Gasteiger partial charge in [0.15, 0.2) is 0 Å². The van der Waals surface area contributed by atoms with Crippen molar-refractivity contribution in [1.82, 2.24) is 10.3 Å².